The average Bonchev–Trinajstić information content (AvgIpc) is 2.40. The maximum Gasteiger partial charge on any atom is 0.223 e. The van der Waals surface area contributed by atoms with Crippen molar-refractivity contribution in [2.45, 2.75) is 25.0 Å². The second-order valence-corrected chi connectivity index (χ2v) is 6.39. The van der Waals surface area contributed by atoms with Crippen LogP contribution in [0, 0.1) is 0 Å². The van der Waals surface area contributed by atoms with Gasteiger partial charge in [-0.1, -0.05) is 19.1 Å². The lowest BCUT2D eigenvalue weighted by Gasteiger charge is -2.10. The maximum absolute atomic E-state index is 11.6. The van der Waals surface area contributed by atoms with Crippen LogP contribution in [0.5, 0.6) is 5.75 Å². The quantitative estimate of drug-likeness (QED) is 0.709. The molecule has 6 heteroatoms. The fourth-order valence-corrected chi connectivity index (χ4v) is 1.98. The number of nitrogen functional groups attached to an aromatic ring is 1. The average molecular weight is 298 g/mol. The van der Waals surface area contributed by atoms with E-state index >= 15 is 0 Å². The van der Waals surface area contributed by atoms with E-state index in [9.17, 15) is 9.00 Å². The van der Waals surface area contributed by atoms with E-state index < -0.39 is 10.8 Å². The van der Waals surface area contributed by atoms with E-state index in [-0.39, 0.29) is 24.2 Å². The van der Waals surface area contributed by atoms with E-state index in [0.717, 1.165) is 0 Å². The van der Waals surface area contributed by atoms with Gasteiger partial charge >= 0.3 is 0 Å². The topological polar surface area (TPSA) is 81.4 Å². The van der Waals surface area contributed by atoms with Crippen molar-refractivity contribution in [2.75, 3.05) is 25.1 Å². The van der Waals surface area contributed by atoms with Crippen molar-refractivity contribution >= 4 is 22.4 Å². The Morgan fingerprint density at radius 2 is 2.15 bits per heavy atom. The number of rotatable bonds is 8. The van der Waals surface area contributed by atoms with Crippen molar-refractivity contribution in [3.05, 3.63) is 24.3 Å². The Morgan fingerprint density at radius 1 is 1.45 bits per heavy atom. The third-order valence-electron chi connectivity index (χ3n) is 2.95. The van der Waals surface area contributed by atoms with Crippen molar-refractivity contribution in [1.29, 1.82) is 0 Å². The van der Waals surface area contributed by atoms with Crippen LogP contribution < -0.4 is 15.8 Å². The summed E-state index contributed by atoms with van der Waals surface area (Å²) >= 11 is 0. The minimum absolute atomic E-state index is 0.0754. The highest BCUT2D eigenvalue weighted by Gasteiger charge is 2.07. The Balaban J connectivity index is 2.18. The van der Waals surface area contributed by atoms with Gasteiger partial charge in [-0.15, -0.1) is 0 Å². The number of benzene rings is 1. The van der Waals surface area contributed by atoms with Gasteiger partial charge in [0.05, 0.1) is 18.7 Å². The molecule has 0 radical (unpaired) electrons. The van der Waals surface area contributed by atoms with Crippen LogP contribution in [0.1, 0.15) is 19.8 Å². The molecule has 0 aliphatic carbocycles. The monoisotopic (exact) mass is 298 g/mol. The zero-order chi connectivity index (χ0) is 15.0. The van der Waals surface area contributed by atoms with E-state index in [4.69, 9.17) is 10.5 Å². The zero-order valence-electron chi connectivity index (χ0n) is 11.9. The van der Waals surface area contributed by atoms with E-state index in [0.29, 0.717) is 24.4 Å². The third kappa shape index (κ3) is 6.06. The lowest BCUT2D eigenvalue weighted by molar-refractivity contribution is -0.121. The Labute approximate surface area is 122 Å². The largest absolute Gasteiger partial charge is 0.491 e. The third-order valence-corrected chi connectivity index (χ3v) is 4.31. The molecule has 3 N–H and O–H groups in total. The van der Waals surface area contributed by atoms with Gasteiger partial charge < -0.3 is 15.8 Å². The second-order valence-electron chi connectivity index (χ2n) is 4.58. The first-order chi connectivity index (χ1) is 9.50. The lowest BCUT2D eigenvalue weighted by atomic mass is 10.3. The Bertz CT molecular complexity index is 465. The molecule has 0 heterocycles. The summed E-state index contributed by atoms with van der Waals surface area (Å²) in [6.07, 6.45) is 2.66. The summed E-state index contributed by atoms with van der Waals surface area (Å²) < 4.78 is 16.6. The van der Waals surface area contributed by atoms with Gasteiger partial charge in [0.2, 0.25) is 5.91 Å². The summed E-state index contributed by atoms with van der Waals surface area (Å²) in [6.45, 7) is 2.73. The van der Waals surface area contributed by atoms with Crippen molar-refractivity contribution in [2.24, 2.45) is 0 Å². The number of amides is 1. The Hall–Kier alpha value is -1.56. The Morgan fingerprint density at radius 3 is 2.80 bits per heavy atom. The molecule has 1 rings (SSSR count). The molecule has 0 bridgehead atoms. The first kappa shape index (κ1) is 16.5. The SMILES string of the molecule is CC(CCNC(=O)CCOc1ccccc1N)S(C)=O. The normalized spacial score (nSPS) is 13.5. The smallest absolute Gasteiger partial charge is 0.223 e. The molecular formula is C14H22N2O3S. The number of carbonyl (C=O) groups excluding carboxylic acids is 1. The molecule has 0 spiro atoms. The number of nitrogens with two attached hydrogens (primary N) is 1. The predicted octanol–water partition coefficient (Wildman–Crippen LogP) is 1.31. The minimum atomic E-state index is -0.848. The first-order valence-electron chi connectivity index (χ1n) is 6.57. The first-order valence-corrected chi connectivity index (χ1v) is 8.19. The highest BCUT2D eigenvalue weighted by atomic mass is 32.2. The summed E-state index contributed by atoms with van der Waals surface area (Å²) in [7, 11) is -0.848. The number of hydrogen-bond acceptors (Lipinski definition) is 4. The van der Waals surface area contributed by atoms with Crippen LogP contribution in [0.3, 0.4) is 0 Å². The van der Waals surface area contributed by atoms with Crippen molar-refractivity contribution in [3.63, 3.8) is 0 Å². The highest BCUT2D eigenvalue weighted by Crippen LogP contribution is 2.19. The summed E-state index contributed by atoms with van der Waals surface area (Å²) in [5.41, 5.74) is 6.29. The number of para-hydroxylation sites is 2. The molecule has 5 nitrogen and oxygen atoms in total. The van der Waals surface area contributed by atoms with Gasteiger partial charge in [0.1, 0.15) is 5.75 Å². The second kappa shape index (κ2) is 8.58. The van der Waals surface area contributed by atoms with Gasteiger partial charge in [0.25, 0.3) is 0 Å². The molecule has 1 amide bonds. The standard InChI is InChI=1S/C14H22N2O3S/c1-11(20(2)18)7-9-16-14(17)8-10-19-13-6-4-3-5-12(13)15/h3-6,11H,7-10,15H2,1-2H3,(H,16,17). The van der Waals surface area contributed by atoms with Gasteiger partial charge in [-0.2, -0.15) is 0 Å². The van der Waals surface area contributed by atoms with Gasteiger partial charge in [-0.05, 0) is 18.6 Å². The molecular weight excluding hydrogens is 276 g/mol. The van der Waals surface area contributed by atoms with Crippen molar-refractivity contribution < 1.29 is 13.7 Å². The van der Waals surface area contributed by atoms with Crippen LogP contribution in [0.4, 0.5) is 5.69 Å². The number of anilines is 1. The number of ether oxygens (including phenoxy) is 1. The van der Waals surface area contributed by atoms with Gasteiger partial charge in [0.15, 0.2) is 0 Å². The van der Waals surface area contributed by atoms with Gasteiger partial charge in [-0.25, -0.2) is 0 Å². The van der Waals surface area contributed by atoms with Crippen molar-refractivity contribution in [3.8, 4) is 5.75 Å². The van der Waals surface area contributed by atoms with Crippen LogP contribution in [-0.4, -0.2) is 34.8 Å². The molecule has 0 aliphatic rings. The number of carbonyl (C=O) groups is 1. The van der Waals surface area contributed by atoms with Crippen LogP contribution in [0.15, 0.2) is 24.3 Å². The van der Waals surface area contributed by atoms with Crippen molar-refractivity contribution in [1.82, 2.24) is 5.32 Å². The molecule has 2 atom stereocenters. The molecule has 0 saturated carbocycles. The molecule has 0 fully saturated rings. The Kier molecular flexibility index (Phi) is 7.08. The number of nitrogens with one attached hydrogen (secondary N) is 1. The summed E-state index contributed by atoms with van der Waals surface area (Å²) in [4.78, 5) is 11.6. The molecule has 0 aliphatic heterocycles. The van der Waals surface area contributed by atoms with Gasteiger partial charge in [0, 0.05) is 28.9 Å². The molecule has 0 saturated heterocycles. The van der Waals surface area contributed by atoms with Crippen LogP contribution in [0.2, 0.25) is 0 Å². The number of hydrogen-bond donors (Lipinski definition) is 2. The van der Waals surface area contributed by atoms with Crippen LogP contribution >= 0.6 is 0 Å². The maximum atomic E-state index is 11.6. The van der Waals surface area contributed by atoms with E-state index in [1.54, 1.807) is 18.4 Å². The molecule has 20 heavy (non-hydrogen) atoms. The lowest BCUT2D eigenvalue weighted by Crippen LogP contribution is -2.28. The van der Waals surface area contributed by atoms with Crippen LogP contribution in [-0.2, 0) is 15.6 Å². The minimum Gasteiger partial charge on any atom is -0.491 e. The summed E-state index contributed by atoms with van der Waals surface area (Å²) in [5.74, 6) is 0.517. The van der Waals surface area contributed by atoms with E-state index in [1.807, 2.05) is 19.1 Å². The predicted molar refractivity (Wildman–Crippen MR) is 82.1 cm³/mol. The molecule has 1 aromatic rings. The molecule has 0 aromatic heterocycles. The fourth-order valence-electron chi connectivity index (χ4n) is 1.53. The van der Waals surface area contributed by atoms with E-state index in [2.05, 4.69) is 5.32 Å². The molecule has 2 unspecified atom stereocenters. The fraction of sp³-hybridized carbons (Fsp3) is 0.500. The highest BCUT2D eigenvalue weighted by molar-refractivity contribution is 7.84. The summed E-state index contributed by atoms with van der Waals surface area (Å²) in [5, 5.41) is 2.88. The van der Waals surface area contributed by atoms with Gasteiger partial charge in [-0.3, -0.25) is 9.00 Å². The zero-order valence-corrected chi connectivity index (χ0v) is 12.7. The van der Waals surface area contributed by atoms with Crippen LogP contribution in [0.25, 0.3) is 0 Å². The molecule has 1 aromatic carbocycles. The summed E-state index contributed by atoms with van der Waals surface area (Å²) in [6, 6.07) is 7.18. The van der Waals surface area contributed by atoms with E-state index in [1.165, 1.54) is 0 Å². The molecule has 112 valence electrons.